The number of carbonyl (C=O) groups is 2. The molecule has 0 bridgehead atoms. The van der Waals surface area contributed by atoms with E-state index in [0.717, 1.165) is 30.1 Å². The van der Waals surface area contributed by atoms with Gasteiger partial charge in [0.1, 0.15) is 11.8 Å². The molecule has 6 N–H and O–H groups in total. The van der Waals surface area contributed by atoms with Crippen LogP contribution >= 0.6 is 7.82 Å². The van der Waals surface area contributed by atoms with Gasteiger partial charge >= 0.3 is 13.8 Å². The maximum atomic E-state index is 13.2. The molecule has 8 nitrogen and oxygen atoms in total. The molecule has 9 heteroatoms. The zero-order valence-corrected chi connectivity index (χ0v) is 25.2. The first kappa shape index (κ1) is 31.2. The van der Waals surface area contributed by atoms with E-state index in [4.69, 9.17) is 21.3 Å². The number of rotatable bonds is 11. The summed E-state index contributed by atoms with van der Waals surface area (Å²) in [4.78, 5) is 42.9. The molecule has 4 fully saturated rings. The second-order valence-electron chi connectivity index (χ2n) is 14.1. The van der Waals surface area contributed by atoms with Crippen LogP contribution in [0.1, 0.15) is 111 Å². The minimum absolute atomic E-state index is 0.0186. The summed E-state index contributed by atoms with van der Waals surface area (Å²) < 4.78 is 15.1. The molecule has 39 heavy (non-hydrogen) atoms. The van der Waals surface area contributed by atoms with Crippen molar-refractivity contribution in [2.45, 2.75) is 117 Å². The standard InChI is InChI=1S/C30H53N2O6P/c1-19(7-12-27(33)20(14-17-31)18-26(32)28(34)38-39(35,36)37)23-10-11-24-22-9-8-21-6-4-5-15-29(21,2)25(22)13-16-30(23,24)3/h19-26H,4-18,31-32H2,1-3H3,(H2,35,36,37)/t19-,20?,21?,22+,23-,24+,25+,26+,29+,30-/m1/s1. The van der Waals surface area contributed by atoms with Crippen molar-refractivity contribution < 1.29 is 28.5 Å². The van der Waals surface area contributed by atoms with Crippen LogP contribution in [0.25, 0.3) is 0 Å². The summed E-state index contributed by atoms with van der Waals surface area (Å²) in [6.07, 6.45) is 15.4. The Morgan fingerprint density at radius 1 is 0.974 bits per heavy atom. The molecule has 0 aromatic carbocycles. The normalized spacial score (nSPS) is 38.6. The number of carbonyl (C=O) groups excluding carboxylic acids is 2. The number of fused-ring (bicyclic) bond motifs is 5. The number of phosphoric acid groups is 1. The molecule has 4 aliphatic carbocycles. The molecular weight excluding hydrogens is 515 g/mol. The number of phosphoric ester groups is 1. The highest BCUT2D eigenvalue weighted by Crippen LogP contribution is 2.68. The van der Waals surface area contributed by atoms with Crippen molar-refractivity contribution in [2.75, 3.05) is 6.54 Å². The number of ketones is 1. The van der Waals surface area contributed by atoms with Gasteiger partial charge in [-0.3, -0.25) is 14.6 Å². The number of nitrogens with two attached hydrogens (primary N) is 2. The SMILES string of the molecule is C[C@H](CCC(=O)C(CCN)C[C@H](N)C(=O)OP(=O)(O)O)[C@H]1CC[C@H]2[C@@H]3CCC4CCCC[C@]4(C)[C@H]3CC[C@]12C. The van der Waals surface area contributed by atoms with Gasteiger partial charge in [0.25, 0.3) is 0 Å². The van der Waals surface area contributed by atoms with Gasteiger partial charge in [0.15, 0.2) is 0 Å². The average Bonchev–Trinajstić information content (AvgIpc) is 3.22. The number of Topliss-reactive ketones (excluding diaryl/α,β-unsaturated/α-hetero) is 1. The smallest absolute Gasteiger partial charge is 0.369 e. The molecule has 4 rings (SSSR count). The third kappa shape index (κ3) is 6.51. The molecule has 4 aliphatic rings. The predicted molar refractivity (Wildman–Crippen MR) is 151 cm³/mol. The van der Waals surface area contributed by atoms with Crippen molar-refractivity contribution in [1.82, 2.24) is 0 Å². The van der Waals surface area contributed by atoms with Gasteiger partial charge in [-0.1, -0.05) is 33.6 Å². The van der Waals surface area contributed by atoms with Gasteiger partial charge in [-0.15, -0.1) is 0 Å². The van der Waals surface area contributed by atoms with E-state index in [2.05, 4.69) is 25.3 Å². The van der Waals surface area contributed by atoms with Gasteiger partial charge in [-0.25, -0.2) is 9.36 Å². The lowest BCUT2D eigenvalue weighted by Gasteiger charge is -2.61. The lowest BCUT2D eigenvalue weighted by Crippen LogP contribution is -2.53. The Balaban J connectivity index is 1.35. The molecule has 224 valence electrons. The van der Waals surface area contributed by atoms with E-state index in [0.29, 0.717) is 35.5 Å². The molecule has 0 aliphatic heterocycles. The van der Waals surface area contributed by atoms with E-state index in [1.54, 1.807) is 0 Å². The minimum atomic E-state index is -4.97. The zero-order chi connectivity index (χ0) is 28.6. The Morgan fingerprint density at radius 3 is 2.38 bits per heavy atom. The van der Waals surface area contributed by atoms with Crippen molar-refractivity contribution in [3.8, 4) is 0 Å². The largest absolute Gasteiger partial charge is 0.527 e. The van der Waals surface area contributed by atoms with E-state index in [-0.39, 0.29) is 18.7 Å². The Bertz CT molecular complexity index is 940. The van der Waals surface area contributed by atoms with Crippen molar-refractivity contribution in [2.24, 2.45) is 63.7 Å². The molecule has 4 saturated carbocycles. The lowest BCUT2D eigenvalue weighted by atomic mass is 9.44. The molecular formula is C30H53N2O6P. The third-order valence-electron chi connectivity index (χ3n) is 12.2. The van der Waals surface area contributed by atoms with E-state index in [1.165, 1.54) is 64.2 Å². The number of hydrogen-bond acceptors (Lipinski definition) is 6. The molecule has 2 unspecified atom stereocenters. The molecule has 0 heterocycles. The lowest BCUT2D eigenvalue weighted by molar-refractivity contribution is -0.137. The highest BCUT2D eigenvalue weighted by molar-refractivity contribution is 7.46. The minimum Gasteiger partial charge on any atom is -0.369 e. The van der Waals surface area contributed by atoms with Gasteiger partial charge in [0.2, 0.25) is 0 Å². The van der Waals surface area contributed by atoms with E-state index in [1.807, 2.05) is 0 Å². The van der Waals surface area contributed by atoms with Gasteiger partial charge in [-0.05, 0) is 124 Å². The summed E-state index contributed by atoms with van der Waals surface area (Å²) in [5.41, 5.74) is 12.5. The molecule has 0 saturated heterocycles. The van der Waals surface area contributed by atoms with Crippen LogP contribution in [-0.4, -0.2) is 34.1 Å². The molecule has 0 amide bonds. The Hall–Kier alpha value is -0.790. The second-order valence-corrected chi connectivity index (χ2v) is 15.3. The third-order valence-corrected chi connectivity index (χ3v) is 12.6. The van der Waals surface area contributed by atoms with Crippen LogP contribution in [0.3, 0.4) is 0 Å². The fourth-order valence-electron chi connectivity index (χ4n) is 10.2. The number of hydrogen-bond donors (Lipinski definition) is 4. The van der Waals surface area contributed by atoms with Gasteiger partial charge in [0.05, 0.1) is 0 Å². The Kier molecular flexibility index (Phi) is 9.75. The predicted octanol–water partition coefficient (Wildman–Crippen LogP) is 5.34. The van der Waals surface area contributed by atoms with E-state index >= 15 is 0 Å². The fourth-order valence-corrected chi connectivity index (χ4v) is 10.6. The van der Waals surface area contributed by atoms with E-state index < -0.39 is 25.8 Å². The van der Waals surface area contributed by atoms with E-state index in [9.17, 15) is 14.2 Å². The summed E-state index contributed by atoms with van der Waals surface area (Å²) in [5, 5.41) is 0. The fraction of sp³-hybridized carbons (Fsp3) is 0.933. The van der Waals surface area contributed by atoms with Crippen LogP contribution < -0.4 is 11.5 Å². The highest BCUT2D eigenvalue weighted by Gasteiger charge is 2.60. The quantitative estimate of drug-likeness (QED) is 0.244. The monoisotopic (exact) mass is 568 g/mol. The average molecular weight is 569 g/mol. The van der Waals surface area contributed by atoms with Crippen molar-refractivity contribution in [3.63, 3.8) is 0 Å². The first-order chi connectivity index (χ1) is 18.3. The molecule has 0 spiro atoms. The summed E-state index contributed by atoms with van der Waals surface area (Å²) in [5.74, 6) is 2.89. The van der Waals surface area contributed by atoms with Crippen LogP contribution in [0.4, 0.5) is 0 Å². The van der Waals surface area contributed by atoms with Gasteiger partial charge in [0, 0.05) is 12.3 Å². The maximum Gasteiger partial charge on any atom is 0.527 e. The van der Waals surface area contributed by atoms with Gasteiger partial charge < -0.3 is 16.0 Å². The summed E-state index contributed by atoms with van der Waals surface area (Å²) in [6, 6.07) is -1.28. The van der Waals surface area contributed by atoms with Crippen molar-refractivity contribution in [1.29, 1.82) is 0 Å². The first-order valence-corrected chi connectivity index (χ1v) is 17.1. The van der Waals surface area contributed by atoms with Crippen LogP contribution in [0, 0.1) is 52.3 Å². The second kappa shape index (κ2) is 12.2. The Labute approximate surface area is 235 Å². The molecule has 0 aromatic heterocycles. The van der Waals surface area contributed by atoms with Crippen LogP contribution in [0.2, 0.25) is 0 Å². The highest BCUT2D eigenvalue weighted by atomic mass is 31.2. The summed E-state index contributed by atoms with van der Waals surface area (Å²) in [6.45, 7) is 7.78. The molecule has 0 aromatic rings. The summed E-state index contributed by atoms with van der Waals surface area (Å²) in [7, 11) is -4.97. The van der Waals surface area contributed by atoms with Crippen molar-refractivity contribution >= 4 is 19.6 Å². The topological polar surface area (TPSA) is 153 Å². The first-order valence-electron chi connectivity index (χ1n) is 15.6. The summed E-state index contributed by atoms with van der Waals surface area (Å²) >= 11 is 0. The van der Waals surface area contributed by atoms with Crippen molar-refractivity contribution in [3.05, 3.63) is 0 Å². The molecule has 10 atom stereocenters. The zero-order valence-electron chi connectivity index (χ0n) is 24.4. The van der Waals surface area contributed by atoms with Crippen LogP contribution in [0.15, 0.2) is 0 Å². The van der Waals surface area contributed by atoms with Gasteiger partial charge in [-0.2, -0.15) is 0 Å². The Morgan fingerprint density at radius 2 is 1.69 bits per heavy atom. The van der Waals surface area contributed by atoms with Crippen LogP contribution in [0.5, 0.6) is 0 Å². The maximum absolute atomic E-state index is 13.2. The van der Waals surface area contributed by atoms with Crippen LogP contribution in [-0.2, 0) is 18.7 Å². The molecule has 0 radical (unpaired) electrons.